The number of rotatable bonds is 17. The summed E-state index contributed by atoms with van der Waals surface area (Å²) in [6.45, 7) is 9.49. The summed E-state index contributed by atoms with van der Waals surface area (Å²) in [5.41, 5.74) is -1.01. The van der Waals surface area contributed by atoms with Crippen LogP contribution < -0.4 is 5.32 Å². The van der Waals surface area contributed by atoms with Crippen LogP contribution in [-0.2, 0) is 10.0 Å². The van der Waals surface area contributed by atoms with Crippen molar-refractivity contribution in [2.45, 2.75) is 149 Å². The maximum atomic E-state index is 12.5. The lowest BCUT2D eigenvalue weighted by Crippen LogP contribution is -2.47. The first-order valence-electron chi connectivity index (χ1n) is 12.8. The van der Waals surface area contributed by atoms with Gasteiger partial charge in [-0.3, -0.25) is 4.79 Å². The number of ketones is 1. The third-order valence-electron chi connectivity index (χ3n) is 6.53. The molecule has 1 aliphatic heterocycles. The van der Waals surface area contributed by atoms with Gasteiger partial charge in [-0.25, -0.2) is 0 Å². The second-order valence-corrected chi connectivity index (χ2v) is 10.7. The van der Waals surface area contributed by atoms with Gasteiger partial charge in [0.2, 0.25) is 0 Å². The lowest BCUT2D eigenvalue weighted by atomic mass is 9.99. The molecule has 1 saturated heterocycles. The average Bonchev–Trinajstić information content (AvgIpc) is 2.89. The number of unbranched alkanes of at least 4 members (excludes halogenated alkanes) is 14. The minimum absolute atomic E-state index is 0.0574. The number of nitrogens with zero attached hydrogens (tertiary/aromatic N) is 1. The number of halogens is 1. The summed E-state index contributed by atoms with van der Waals surface area (Å²) < 4.78 is 0. The van der Waals surface area contributed by atoms with Gasteiger partial charge < -0.3 is 5.32 Å². The van der Waals surface area contributed by atoms with Crippen LogP contribution in [-0.4, -0.2) is 22.0 Å². The van der Waals surface area contributed by atoms with E-state index in [0.29, 0.717) is 12.1 Å². The summed E-state index contributed by atoms with van der Waals surface area (Å²) in [6.07, 6.45) is 20.0. The molecule has 1 N–H and O–H groups in total. The molecule has 0 aromatic rings. The Hall–Kier alpha value is -0.580. The van der Waals surface area contributed by atoms with Gasteiger partial charge in [0, 0.05) is 6.42 Å². The first-order valence-corrected chi connectivity index (χ1v) is 13.2. The Balaban J connectivity index is 2.08. The molecule has 0 amide bonds. The lowest BCUT2D eigenvalue weighted by molar-refractivity contribution is -0.243. The first kappa shape index (κ1) is 28.5. The van der Waals surface area contributed by atoms with Gasteiger partial charge in [-0.2, -0.15) is 0 Å². The molecule has 0 aromatic heterocycles. The van der Waals surface area contributed by atoms with Gasteiger partial charge in [-0.1, -0.05) is 108 Å². The van der Waals surface area contributed by atoms with Gasteiger partial charge in [0.1, 0.15) is 10.7 Å². The number of nitrogens with one attached hydrogen (secondary N) is 1. The van der Waals surface area contributed by atoms with E-state index in [0.717, 1.165) is 17.9 Å². The first-order chi connectivity index (χ1) is 14.6. The minimum atomic E-state index is -0.814. The Morgan fingerprint density at radius 1 is 0.774 bits per heavy atom. The van der Waals surface area contributed by atoms with Gasteiger partial charge in [-0.05, 0) is 34.1 Å². The molecule has 0 spiro atoms. The molecule has 181 valence electrons. The minimum Gasteiger partial charge on any atom is -0.366 e. The summed E-state index contributed by atoms with van der Waals surface area (Å²) in [5.74, 6) is -0.0574. The number of allylic oxidation sites excluding steroid dienone is 1. The van der Waals surface area contributed by atoms with Crippen LogP contribution in [0.15, 0.2) is 10.7 Å². The fourth-order valence-electron chi connectivity index (χ4n) is 4.54. The number of carbonyl (C=O) groups is 1. The Morgan fingerprint density at radius 3 is 1.52 bits per heavy atom. The van der Waals surface area contributed by atoms with Gasteiger partial charge in [0.05, 0.1) is 11.2 Å². The van der Waals surface area contributed by atoms with Gasteiger partial charge in [0.25, 0.3) is 0 Å². The monoisotopic (exact) mass is 455 g/mol. The van der Waals surface area contributed by atoms with E-state index in [1.807, 2.05) is 0 Å². The Kier molecular flexibility index (Phi) is 13.3. The highest BCUT2D eigenvalue weighted by Gasteiger charge is 2.50. The standard InChI is InChI=1S/C26H48ClN2O2/c1-6-7-8-9-10-11-12-13-14-15-16-17-18-19-20-21-22(30)23(27)24-25(2,3)29(31)26(4,5)28-24/h28H,6-21H2,1-5H3/b24-23+. The third kappa shape index (κ3) is 9.84. The van der Waals surface area contributed by atoms with E-state index in [1.54, 1.807) is 27.7 Å². The van der Waals surface area contributed by atoms with Crippen molar-refractivity contribution in [1.82, 2.24) is 10.4 Å². The van der Waals surface area contributed by atoms with Crippen LogP contribution in [0.25, 0.3) is 0 Å². The molecule has 0 bridgehead atoms. The SMILES string of the molecule is CCCCCCCCCCCCCCCCCC(=O)/C(Cl)=C1\NC(C)(C)N([O])C1(C)C. The lowest BCUT2D eigenvalue weighted by Gasteiger charge is -2.29. The second-order valence-electron chi connectivity index (χ2n) is 10.3. The molecular weight excluding hydrogens is 408 g/mol. The largest absolute Gasteiger partial charge is 0.366 e. The highest BCUT2D eigenvalue weighted by Crippen LogP contribution is 2.38. The summed E-state index contributed by atoms with van der Waals surface area (Å²) >= 11 is 6.38. The van der Waals surface area contributed by atoms with E-state index < -0.39 is 11.2 Å². The fourth-order valence-corrected chi connectivity index (χ4v) is 4.91. The van der Waals surface area contributed by atoms with E-state index in [9.17, 15) is 10.0 Å². The van der Waals surface area contributed by atoms with Crippen LogP contribution in [0.1, 0.15) is 137 Å². The highest BCUT2D eigenvalue weighted by molar-refractivity contribution is 6.43. The van der Waals surface area contributed by atoms with Crippen LogP contribution in [0.2, 0.25) is 0 Å². The van der Waals surface area contributed by atoms with Crippen LogP contribution >= 0.6 is 11.6 Å². The summed E-state index contributed by atoms with van der Waals surface area (Å²) in [7, 11) is 0. The molecule has 1 aliphatic rings. The summed E-state index contributed by atoms with van der Waals surface area (Å²) in [5, 5.41) is 16.8. The molecule has 0 unspecified atom stereocenters. The number of hydrogen-bond acceptors (Lipinski definition) is 3. The van der Waals surface area contributed by atoms with Crippen molar-refractivity contribution in [1.29, 1.82) is 0 Å². The maximum absolute atomic E-state index is 12.5. The predicted molar refractivity (Wildman–Crippen MR) is 131 cm³/mol. The Morgan fingerprint density at radius 2 is 1.16 bits per heavy atom. The van der Waals surface area contributed by atoms with Crippen molar-refractivity contribution in [3.05, 3.63) is 10.7 Å². The van der Waals surface area contributed by atoms with Gasteiger partial charge in [0.15, 0.2) is 5.78 Å². The van der Waals surface area contributed by atoms with Gasteiger partial charge >= 0.3 is 0 Å². The third-order valence-corrected chi connectivity index (χ3v) is 6.93. The molecule has 1 rings (SSSR count). The summed E-state index contributed by atoms with van der Waals surface area (Å²) in [4.78, 5) is 12.5. The topological polar surface area (TPSA) is 52.2 Å². The zero-order valence-electron chi connectivity index (χ0n) is 21.0. The van der Waals surface area contributed by atoms with Gasteiger partial charge in [-0.15, -0.1) is 10.3 Å². The molecule has 1 fully saturated rings. The van der Waals surface area contributed by atoms with Crippen molar-refractivity contribution >= 4 is 17.4 Å². The molecular formula is C26H48ClN2O2. The molecule has 1 heterocycles. The summed E-state index contributed by atoms with van der Waals surface area (Å²) in [6, 6.07) is 0. The van der Waals surface area contributed by atoms with Crippen LogP contribution in [0, 0.1) is 0 Å². The average molecular weight is 456 g/mol. The molecule has 0 atom stereocenters. The quantitative estimate of drug-likeness (QED) is 0.178. The fraction of sp³-hybridized carbons (Fsp3) is 0.885. The zero-order chi connectivity index (χ0) is 23.3. The molecule has 0 aliphatic carbocycles. The van der Waals surface area contributed by atoms with E-state index in [-0.39, 0.29) is 10.8 Å². The second kappa shape index (κ2) is 14.5. The van der Waals surface area contributed by atoms with Crippen LogP contribution in [0.3, 0.4) is 0 Å². The van der Waals surface area contributed by atoms with Crippen molar-refractivity contribution in [2.75, 3.05) is 0 Å². The smallest absolute Gasteiger partial charge is 0.176 e. The molecule has 31 heavy (non-hydrogen) atoms. The number of Topliss-reactive ketones (excluding diaryl/α,β-unsaturated/α-hetero) is 1. The van der Waals surface area contributed by atoms with Crippen molar-refractivity contribution in [2.24, 2.45) is 0 Å². The zero-order valence-corrected chi connectivity index (χ0v) is 21.7. The van der Waals surface area contributed by atoms with Crippen LogP contribution in [0.5, 0.6) is 0 Å². The Labute approximate surface area is 197 Å². The van der Waals surface area contributed by atoms with Crippen molar-refractivity contribution < 1.29 is 10.0 Å². The van der Waals surface area contributed by atoms with E-state index >= 15 is 0 Å². The molecule has 0 saturated carbocycles. The maximum Gasteiger partial charge on any atom is 0.176 e. The van der Waals surface area contributed by atoms with E-state index in [2.05, 4.69) is 12.2 Å². The number of hydroxylamine groups is 2. The molecule has 1 radical (unpaired) electrons. The highest BCUT2D eigenvalue weighted by atomic mass is 35.5. The van der Waals surface area contributed by atoms with Crippen molar-refractivity contribution in [3.63, 3.8) is 0 Å². The molecule has 5 heteroatoms. The normalized spacial score (nSPS) is 19.5. The number of hydrogen-bond donors (Lipinski definition) is 1. The van der Waals surface area contributed by atoms with Crippen LogP contribution in [0.4, 0.5) is 0 Å². The molecule has 0 aromatic carbocycles. The predicted octanol–water partition coefficient (Wildman–Crippen LogP) is 8.03. The van der Waals surface area contributed by atoms with E-state index in [4.69, 9.17) is 11.6 Å². The van der Waals surface area contributed by atoms with E-state index in [1.165, 1.54) is 83.5 Å². The number of carbonyl (C=O) groups excluding carboxylic acids is 1. The molecule has 4 nitrogen and oxygen atoms in total. The Bertz CT molecular complexity index is 558. The van der Waals surface area contributed by atoms with Crippen molar-refractivity contribution in [3.8, 4) is 0 Å².